The number of carbonyl (C=O) groups excluding carboxylic acids is 2. The van der Waals surface area contributed by atoms with Crippen molar-refractivity contribution in [2.75, 3.05) is 24.7 Å². The van der Waals surface area contributed by atoms with Crippen molar-refractivity contribution < 1.29 is 22.8 Å². The fraction of sp³-hybridized carbons (Fsp3) is 0.263. The van der Waals surface area contributed by atoms with Crippen LogP contribution < -0.4 is 5.32 Å². The second-order valence-electron chi connectivity index (χ2n) is 6.08. The fourth-order valence-corrected chi connectivity index (χ4v) is 3.56. The van der Waals surface area contributed by atoms with E-state index in [1.807, 2.05) is 0 Å². The van der Waals surface area contributed by atoms with Crippen LogP contribution in [0, 0.1) is 0 Å². The molecule has 0 aromatic heterocycles. The minimum atomic E-state index is -4.59. The Morgan fingerprint density at radius 1 is 1.10 bits per heavy atom. The van der Waals surface area contributed by atoms with Crippen LogP contribution in [0.1, 0.15) is 11.1 Å². The van der Waals surface area contributed by atoms with Gasteiger partial charge in [0.05, 0.1) is 33.6 Å². The second-order valence-corrected chi connectivity index (χ2v) is 7.88. The van der Waals surface area contributed by atoms with Crippen molar-refractivity contribution in [2.45, 2.75) is 11.9 Å². The smallest absolute Gasteiger partial charge is 0.336 e. The van der Waals surface area contributed by atoms with Crippen molar-refractivity contribution in [3.8, 4) is 0 Å². The van der Waals surface area contributed by atoms with Crippen LogP contribution in [0.15, 0.2) is 42.5 Å². The van der Waals surface area contributed by atoms with Gasteiger partial charge in [-0.15, -0.1) is 11.8 Å². The van der Waals surface area contributed by atoms with Crippen molar-refractivity contribution >= 4 is 52.5 Å². The highest BCUT2D eigenvalue weighted by Crippen LogP contribution is 2.34. The first-order valence-corrected chi connectivity index (χ1v) is 10.2. The summed E-state index contributed by atoms with van der Waals surface area (Å²) in [6.45, 7) is -0.363. The summed E-state index contributed by atoms with van der Waals surface area (Å²) < 4.78 is 38.9. The predicted octanol–water partition coefficient (Wildman–Crippen LogP) is 5.34. The molecule has 0 heterocycles. The Hall–Kier alpha value is -1.90. The zero-order valence-electron chi connectivity index (χ0n) is 15.2. The van der Waals surface area contributed by atoms with E-state index in [1.54, 1.807) is 18.2 Å². The molecule has 0 saturated heterocycles. The molecule has 1 N–H and O–H groups in total. The van der Waals surface area contributed by atoms with E-state index in [-0.39, 0.29) is 23.9 Å². The molecule has 0 radical (unpaired) electrons. The number of carbonyl (C=O) groups is 2. The molecule has 156 valence electrons. The summed E-state index contributed by atoms with van der Waals surface area (Å²) in [7, 11) is 1.41. The largest absolute Gasteiger partial charge is 0.418 e. The van der Waals surface area contributed by atoms with Crippen LogP contribution in [0.4, 0.5) is 18.9 Å². The molecule has 0 fully saturated rings. The highest BCUT2D eigenvalue weighted by atomic mass is 35.5. The lowest BCUT2D eigenvalue weighted by molar-refractivity contribution is -0.137. The van der Waals surface area contributed by atoms with E-state index in [9.17, 15) is 22.8 Å². The van der Waals surface area contributed by atoms with Gasteiger partial charge in [0.2, 0.25) is 11.8 Å². The normalized spacial score (nSPS) is 11.2. The molecular weight excluding hydrogens is 448 g/mol. The van der Waals surface area contributed by atoms with Crippen LogP contribution >= 0.6 is 35.0 Å². The van der Waals surface area contributed by atoms with E-state index in [0.717, 1.165) is 22.6 Å². The number of anilines is 1. The van der Waals surface area contributed by atoms with Gasteiger partial charge in [-0.25, -0.2) is 0 Å². The zero-order chi connectivity index (χ0) is 21.6. The van der Waals surface area contributed by atoms with Gasteiger partial charge in [-0.1, -0.05) is 41.4 Å². The van der Waals surface area contributed by atoms with Crippen molar-refractivity contribution in [3.05, 3.63) is 63.6 Å². The van der Waals surface area contributed by atoms with Gasteiger partial charge in [0.1, 0.15) is 0 Å². The predicted molar refractivity (Wildman–Crippen MR) is 110 cm³/mol. The number of alkyl halides is 3. The maximum absolute atomic E-state index is 13.0. The number of hydrogen-bond donors (Lipinski definition) is 1. The lowest BCUT2D eigenvalue weighted by atomic mass is 10.1. The van der Waals surface area contributed by atoms with E-state index in [0.29, 0.717) is 15.8 Å². The highest BCUT2D eigenvalue weighted by Gasteiger charge is 2.33. The molecule has 0 aliphatic carbocycles. The van der Waals surface area contributed by atoms with Crippen LogP contribution in [-0.4, -0.2) is 36.1 Å². The summed E-state index contributed by atoms with van der Waals surface area (Å²) in [6, 6.07) is 9.83. The Morgan fingerprint density at radius 3 is 2.45 bits per heavy atom. The number of hydrogen-bond acceptors (Lipinski definition) is 3. The molecule has 0 saturated carbocycles. The third-order valence-electron chi connectivity index (χ3n) is 3.79. The Kier molecular flexibility index (Phi) is 8.24. The van der Waals surface area contributed by atoms with Crippen LogP contribution in [0.2, 0.25) is 10.0 Å². The van der Waals surface area contributed by atoms with Gasteiger partial charge in [-0.3, -0.25) is 9.59 Å². The molecule has 2 aromatic rings. The highest BCUT2D eigenvalue weighted by molar-refractivity contribution is 7.99. The molecule has 29 heavy (non-hydrogen) atoms. The Bertz CT molecular complexity index is 894. The number of nitrogens with zero attached hydrogens (tertiary/aromatic N) is 1. The first-order valence-electron chi connectivity index (χ1n) is 8.29. The van der Waals surface area contributed by atoms with Crippen LogP contribution in [-0.2, 0) is 21.5 Å². The van der Waals surface area contributed by atoms with Gasteiger partial charge in [-0.05, 0) is 29.8 Å². The number of nitrogens with one attached hydrogen (secondary N) is 1. The average Bonchev–Trinajstić information content (AvgIpc) is 2.64. The van der Waals surface area contributed by atoms with E-state index < -0.39 is 17.6 Å². The maximum Gasteiger partial charge on any atom is 0.418 e. The molecule has 0 unspecified atom stereocenters. The number of thioether (sulfide) groups is 1. The monoisotopic (exact) mass is 464 g/mol. The van der Waals surface area contributed by atoms with E-state index in [1.165, 1.54) is 30.9 Å². The topological polar surface area (TPSA) is 49.4 Å². The van der Waals surface area contributed by atoms with Crippen molar-refractivity contribution in [3.63, 3.8) is 0 Å². The number of para-hydroxylation sites is 1. The zero-order valence-corrected chi connectivity index (χ0v) is 17.6. The summed E-state index contributed by atoms with van der Waals surface area (Å²) in [5, 5.41) is 3.07. The van der Waals surface area contributed by atoms with Crippen molar-refractivity contribution in [2.24, 2.45) is 0 Å². The molecule has 0 atom stereocenters. The third kappa shape index (κ3) is 7.13. The summed E-state index contributed by atoms with van der Waals surface area (Å²) in [6.07, 6.45) is -4.59. The summed E-state index contributed by atoms with van der Waals surface area (Å²) in [5.74, 6) is -0.425. The van der Waals surface area contributed by atoms with Gasteiger partial charge in [0.25, 0.3) is 0 Å². The van der Waals surface area contributed by atoms with Crippen LogP contribution in [0.5, 0.6) is 0 Å². The molecular formula is C19H17Cl2F3N2O2S. The van der Waals surface area contributed by atoms with E-state index in [2.05, 4.69) is 5.32 Å². The quantitative estimate of drug-likeness (QED) is 0.601. The molecule has 0 bridgehead atoms. The lowest BCUT2D eigenvalue weighted by Gasteiger charge is -2.18. The van der Waals surface area contributed by atoms with Gasteiger partial charge in [0, 0.05) is 12.8 Å². The molecule has 10 heteroatoms. The van der Waals surface area contributed by atoms with E-state index in [4.69, 9.17) is 23.2 Å². The minimum absolute atomic E-state index is 0.100. The van der Waals surface area contributed by atoms with Crippen molar-refractivity contribution in [1.82, 2.24) is 4.90 Å². The molecule has 2 rings (SSSR count). The molecule has 0 spiro atoms. The van der Waals surface area contributed by atoms with E-state index >= 15 is 0 Å². The average molecular weight is 465 g/mol. The van der Waals surface area contributed by atoms with Gasteiger partial charge >= 0.3 is 6.18 Å². The van der Waals surface area contributed by atoms with Crippen LogP contribution in [0.25, 0.3) is 0 Å². The standard InChI is InChI=1S/C19H17Cl2F3N2O2S/c1-26(18(28)11-29-10-12-6-7-14(20)15(21)8-12)9-17(27)25-16-5-3-2-4-13(16)19(22,23)24/h2-8H,9-11H2,1H3,(H,25,27). The molecule has 2 aromatic carbocycles. The Balaban J connectivity index is 1.84. The number of benzene rings is 2. The number of halogens is 5. The second kappa shape index (κ2) is 10.2. The third-order valence-corrected chi connectivity index (χ3v) is 5.52. The molecule has 0 aliphatic heterocycles. The molecule has 2 amide bonds. The maximum atomic E-state index is 13.0. The minimum Gasteiger partial charge on any atom is -0.336 e. The van der Waals surface area contributed by atoms with Gasteiger partial charge in [0.15, 0.2) is 0 Å². The first kappa shape index (κ1) is 23.4. The van der Waals surface area contributed by atoms with Gasteiger partial charge in [-0.2, -0.15) is 13.2 Å². The van der Waals surface area contributed by atoms with Crippen LogP contribution in [0.3, 0.4) is 0 Å². The van der Waals surface area contributed by atoms with Gasteiger partial charge < -0.3 is 10.2 Å². The Morgan fingerprint density at radius 2 is 1.79 bits per heavy atom. The first-order chi connectivity index (χ1) is 13.6. The Labute approximate surface area is 180 Å². The number of amides is 2. The molecule has 0 aliphatic rings. The summed E-state index contributed by atoms with van der Waals surface area (Å²) in [4.78, 5) is 25.4. The number of rotatable bonds is 7. The summed E-state index contributed by atoms with van der Waals surface area (Å²) in [5.41, 5.74) is -0.402. The summed E-state index contributed by atoms with van der Waals surface area (Å²) >= 11 is 13.1. The molecule has 4 nitrogen and oxygen atoms in total. The number of likely N-dealkylation sites (N-methyl/N-ethyl adjacent to an activating group) is 1. The lowest BCUT2D eigenvalue weighted by Crippen LogP contribution is -2.36. The fourth-order valence-electron chi connectivity index (χ4n) is 2.33. The SMILES string of the molecule is CN(CC(=O)Nc1ccccc1C(F)(F)F)C(=O)CSCc1ccc(Cl)c(Cl)c1. The van der Waals surface area contributed by atoms with Crippen molar-refractivity contribution in [1.29, 1.82) is 0 Å².